The second-order valence-electron chi connectivity index (χ2n) is 7.97. The zero-order chi connectivity index (χ0) is 22.8. The Kier molecular flexibility index (Phi) is 5.51. The van der Waals surface area contributed by atoms with E-state index in [2.05, 4.69) is 42.9 Å². The second kappa shape index (κ2) is 8.77. The number of urea groups is 1. The zero-order valence-electron chi connectivity index (χ0n) is 18.0. The molecule has 11 heteroatoms. The lowest BCUT2D eigenvalue weighted by Gasteiger charge is -2.17. The molecule has 168 valence electrons. The van der Waals surface area contributed by atoms with E-state index in [0.717, 1.165) is 31.4 Å². The number of fused-ring (bicyclic) bond motifs is 1. The van der Waals surface area contributed by atoms with Crippen LogP contribution in [0.5, 0.6) is 0 Å². The first-order valence-electron chi connectivity index (χ1n) is 10.9. The maximum absolute atomic E-state index is 11.9. The molecule has 2 fully saturated rings. The Balaban J connectivity index is 1.55. The molecule has 3 aromatic rings. The van der Waals surface area contributed by atoms with Crippen LogP contribution in [-0.4, -0.2) is 42.5 Å². The van der Waals surface area contributed by atoms with Gasteiger partial charge >= 0.3 is 6.03 Å². The lowest BCUT2D eigenvalue weighted by molar-refractivity contribution is -0.115. The highest BCUT2D eigenvalue weighted by molar-refractivity contribution is 6.13. The Morgan fingerprint density at radius 1 is 1.27 bits per heavy atom. The number of imide groups is 1. The average molecular weight is 445 g/mol. The number of carbonyl (C=O) groups is 2. The molecule has 1 saturated heterocycles. The van der Waals surface area contributed by atoms with E-state index in [0.29, 0.717) is 22.8 Å². The molecule has 0 spiro atoms. The topological polar surface area (TPSA) is 139 Å². The minimum absolute atomic E-state index is 0.0527. The van der Waals surface area contributed by atoms with Crippen LogP contribution in [0.1, 0.15) is 49.9 Å². The van der Waals surface area contributed by atoms with E-state index in [1.54, 1.807) is 29.1 Å². The molecule has 3 amide bonds. The Bertz CT molecular complexity index is 1310. The summed E-state index contributed by atoms with van der Waals surface area (Å²) in [7, 11) is 0. The Morgan fingerprint density at radius 3 is 2.85 bits per heavy atom. The van der Waals surface area contributed by atoms with Gasteiger partial charge in [-0.3, -0.25) is 15.1 Å². The number of anilines is 1. The van der Waals surface area contributed by atoms with Crippen molar-refractivity contribution in [2.45, 2.75) is 44.7 Å². The number of rotatable bonds is 7. The summed E-state index contributed by atoms with van der Waals surface area (Å²) < 4.78 is 1.58. The number of pyridine rings is 1. The lowest BCUT2D eigenvalue weighted by Crippen LogP contribution is -2.26. The molecule has 1 saturated carbocycles. The fraction of sp³-hybridized carbons (Fsp3) is 0.318. The van der Waals surface area contributed by atoms with E-state index in [9.17, 15) is 9.59 Å². The third-order valence-electron chi connectivity index (χ3n) is 5.25. The first-order valence-corrected chi connectivity index (χ1v) is 10.9. The molecule has 0 aromatic carbocycles. The van der Waals surface area contributed by atoms with Crippen LogP contribution in [0.15, 0.2) is 47.3 Å². The lowest BCUT2D eigenvalue weighted by atomic mass is 10.1. The molecular formula is C22H23N9O2. The molecule has 0 radical (unpaired) electrons. The van der Waals surface area contributed by atoms with Gasteiger partial charge in [-0.2, -0.15) is 19.6 Å². The molecule has 3 N–H and O–H groups in total. The fourth-order valence-corrected chi connectivity index (χ4v) is 3.50. The van der Waals surface area contributed by atoms with Crippen LogP contribution in [0.3, 0.4) is 0 Å². The molecule has 1 atom stereocenters. The summed E-state index contributed by atoms with van der Waals surface area (Å²) >= 11 is 0. The van der Waals surface area contributed by atoms with Crippen molar-refractivity contribution in [2.75, 3.05) is 5.32 Å². The molecule has 5 rings (SSSR count). The van der Waals surface area contributed by atoms with E-state index in [1.807, 2.05) is 18.2 Å². The number of nitrogens with one attached hydrogen (secondary N) is 3. The van der Waals surface area contributed by atoms with E-state index < -0.39 is 11.9 Å². The van der Waals surface area contributed by atoms with Crippen LogP contribution in [0.4, 0.5) is 10.7 Å². The minimum atomic E-state index is -0.551. The van der Waals surface area contributed by atoms with Crippen LogP contribution < -0.4 is 21.6 Å². The number of hydrogen-bond acceptors (Lipinski definition) is 8. The summed E-state index contributed by atoms with van der Waals surface area (Å²) in [6.45, 7) is 2.12. The van der Waals surface area contributed by atoms with Crippen molar-refractivity contribution >= 4 is 29.6 Å². The van der Waals surface area contributed by atoms with Crippen LogP contribution in [-0.2, 0) is 4.79 Å². The summed E-state index contributed by atoms with van der Waals surface area (Å²) in [5, 5.41) is 12.5. The van der Waals surface area contributed by atoms with Gasteiger partial charge in [0.05, 0.1) is 24.0 Å². The zero-order valence-corrected chi connectivity index (χ0v) is 18.0. The van der Waals surface area contributed by atoms with Gasteiger partial charge in [0, 0.05) is 11.8 Å². The van der Waals surface area contributed by atoms with E-state index in [-0.39, 0.29) is 17.8 Å². The van der Waals surface area contributed by atoms with Crippen LogP contribution in [0.25, 0.3) is 11.7 Å². The van der Waals surface area contributed by atoms with Crippen molar-refractivity contribution in [3.05, 3.63) is 59.2 Å². The first kappa shape index (κ1) is 20.7. The van der Waals surface area contributed by atoms with Crippen molar-refractivity contribution in [1.82, 2.24) is 35.2 Å². The minimum Gasteiger partial charge on any atom is -0.346 e. The summed E-state index contributed by atoms with van der Waals surface area (Å²) in [6, 6.07) is 7.23. The Morgan fingerprint density at radius 2 is 2.15 bits per heavy atom. The van der Waals surface area contributed by atoms with E-state index in [1.165, 1.54) is 0 Å². The number of hydrogen-bond donors (Lipinski definition) is 3. The van der Waals surface area contributed by atoms with Crippen molar-refractivity contribution in [2.24, 2.45) is 4.99 Å². The maximum atomic E-state index is 11.9. The second-order valence-corrected chi connectivity index (χ2v) is 7.97. The van der Waals surface area contributed by atoms with Crippen molar-refractivity contribution in [3.8, 4) is 0 Å². The quantitative estimate of drug-likeness (QED) is 0.372. The van der Waals surface area contributed by atoms with Gasteiger partial charge < -0.3 is 10.6 Å². The predicted octanol–water partition coefficient (Wildman–Crippen LogP) is 1.72. The van der Waals surface area contributed by atoms with Gasteiger partial charge in [-0.1, -0.05) is 19.4 Å². The SMILES string of the molecule is CCCC(Nc1nc(=NC2CC2)n2ncc(/C=C3\NC(=O)NC3=O)cc2n1)c1ccccn1. The average Bonchev–Trinajstić information content (AvgIpc) is 3.57. The third-order valence-corrected chi connectivity index (χ3v) is 5.25. The number of nitrogens with zero attached hydrogens (tertiary/aromatic N) is 6. The van der Waals surface area contributed by atoms with Gasteiger partial charge in [-0.15, -0.1) is 0 Å². The van der Waals surface area contributed by atoms with Gasteiger partial charge in [0.1, 0.15) is 5.70 Å². The molecule has 1 aliphatic carbocycles. The van der Waals surface area contributed by atoms with Crippen LogP contribution >= 0.6 is 0 Å². The molecule has 3 aromatic heterocycles. The summed E-state index contributed by atoms with van der Waals surface area (Å²) in [4.78, 5) is 41.7. The standard InChI is InChI=1S/C22H23N9O2/c1-2-5-16(15-6-3-4-9-23-15)26-20-28-18-11-13(10-17-19(32)29-22(33)27-17)12-24-31(18)21(30-20)25-14-7-8-14/h3-4,6,9-12,14,16H,2,5,7-8H2,1H3,(H,25,26,30)(H2,27,29,32,33)/b17-10-. The summed E-state index contributed by atoms with van der Waals surface area (Å²) in [5.74, 6) is -0.0583. The molecule has 33 heavy (non-hydrogen) atoms. The maximum Gasteiger partial charge on any atom is 0.326 e. The number of carbonyl (C=O) groups excluding carboxylic acids is 2. The van der Waals surface area contributed by atoms with Crippen molar-refractivity contribution in [3.63, 3.8) is 0 Å². The first-order chi connectivity index (χ1) is 16.1. The van der Waals surface area contributed by atoms with Crippen LogP contribution in [0, 0.1) is 0 Å². The largest absolute Gasteiger partial charge is 0.346 e. The summed E-state index contributed by atoms with van der Waals surface area (Å²) in [6.07, 6.45) is 8.78. The third kappa shape index (κ3) is 4.71. The van der Waals surface area contributed by atoms with Crippen LogP contribution in [0.2, 0.25) is 0 Å². The molecule has 4 heterocycles. The predicted molar refractivity (Wildman–Crippen MR) is 120 cm³/mol. The smallest absolute Gasteiger partial charge is 0.326 e. The van der Waals surface area contributed by atoms with Gasteiger partial charge in [0.15, 0.2) is 5.65 Å². The highest BCUT2D eigenvalue weighted by Gasteiger charge is 2.23. The van der Waals surface area contributed by atoms with E-state index in [4.69, 9.17) is 4.99 Å². The van der Waals surface area contributed by atoms with Gasteiger partial charge in [-0.25, -0.2) is 9.79 Å². The van der Waals surface area contributed by atoms with Gasteiger partial charge in [0.25, 0.3) is 11.5 Å². The monoisotopic (exact) mass is 445 g/mol. The van der Waals surface area contributed by atoms with E-state index >= 15 is 0 Å². The molecule has 2 aliphatic rings. The van der Waals surface area contributed by atoms with Gasteiger partial charge in [-0.05, 0) is 43.5 Å². The van der Waals surface area contributed by atoms with Crippen molar-refractivity contribution < 1.29 is 9.59 Å². The molecule has 0 bridgehead atoms. The van der Waals surface area contributed by atoms with Crippen molar-refractivity contribution in [1.29, 1.82) is 0 Å². The molecule has 11 nitrogen and oxygen atoms in total. The normalized spacial score (nSPS) is 18.5. The molecule has 1 aliphatic heterocycles. The highest BCUT2D eigenvalue weighted by atomic mass is 16.2. The Hall–Kier alpha value is -4.15. The molecule has 1 unspecified atom stereocenters. The number of amides is 3. The molecular weight excluding hydrogens is 422 g/mol. The number of aromatic nitrogens is 5. The fourth-order valence-electron chi connectivity index (χ4n) is 3.50. The highest BCUT2D eigenvalue weighted by Crippen LogP contribution is 2.23. The Labute approximate surface area is 189 Å². The summed E-state index contributed by atoms with van der Waals surface area (Å²) in [5.41, 5.74) is 2.66. The van der Waals surface area contributed by atoms with Gasteiger partial charge in [0.2, 0.25) is 5.95 Å².